The lowest BCUT2D eigenvalue weighted by Crippen LogP contribution is -2.34. The highest BCUT2D eigenvalue weighted by Crippen LogP contribution is 2.34. The van der Waals surface area contributed by atoms with Crippen molar-refractivity contribution in [2.45, 2.75) is 110 Å². The van der Waals surface area contributed by atoms with E-state index in [1.165, 1.54) is 62.1 Å². The van der Waals surface area contributed by atoms with Gasteiger partial charge in [-0.05, 0) is 36.1 Å². The van der Waals surface area contributed by atoms with Crippen LogP contribution in [0.4, 0.5) is 0 Å². The first kappa shape index (κ1) is 25.0. The second-order valence-electron chi connectivity index (χ2n) is 8.58. The molecule has 160 valence electrons. The van der Waals surface area contributed by atoms with Gasteiger partial charge in [-0.2, -0.15) is 0 Å². The zero-order chi connectivity index (χ0) is 20.7. The smallest absolute Gasteiger partial charge is 0.122 e. The second kappa shape index (κ2) is 14.9. The van der Waals surface area contributed by atoms with Gasteiger partial charge in [0.1, 0.15) is 5.75 Å². The third kappa shape index (κ3) is 8.98. The Morgan fingerprint density at radius 3 is 1.89 bits per heavy atom. The summed E-state index contributed by atoms with van der Waals surface area (Å²) in [5.41, 5.74) is 2.60. The van der Waals surface area contributed by atoms with Crippen molar-refractivity contribution in [3.63, 3.8) is 0 Å². The molecule has 0 fully saturated rings. The topological polar surface area (TPSA) is 9.23 Å². The van der Waals surface area contributed by atoms with Gasteiger partial charge in [-0.3, -0.25) is 0 Å². The van der Waals surface area contributed by atoms with Gasteiger partial charge in [0.05, 0.1) is 14.7 Å². The molecule has 0 heterocycles. The third-order valence-electron chi connectivity index (χ3n) is 6.12. The summed E-state index contributed by atoms with van der Waals surface area (Å²) in [6.45, 7) is 14.0. The summed E-state index contributed by atoms with van der Waals surface area (Å²) < 4.78 is 6.04. The normalized spacial score (nSPS) is 11.6. The molecule has 0 N–H and O–H groups in total. The van der Waals surface area contributed by atoms with Crippen molar-refractivity contribution < 1.29 is 4.74 Å². The number of hydrogen-bond donors (Lipinski definition) is 0. The molecule has 28 heavy (non-hydrogen) atoms. The maximum Gasteiger partial charge on any atom is 0.122 e. The van der Waals surface area contributed by atoms with Gasteiger partial charge in [0.25, 0.3) is 0 Å². The van der Waals surface area contributed by atoms with Crippen LogP contribution >= 0.6 is 0 Å². The van der Waals surface area contributed by atoms with Crippen LogP contribution < -0.4 is 4.74 Å². The van der Waals surface area contributed by atoms with E-state index in [4.69, 9.17) is 4.74 Å². The standard InChI is InChI=1S/C26H46OSi/c1-6-11-19-28(20-12-7-2,21-13-8-3)22-14-15-25-23-24(10-5)16-17-26(25)27-18-9-4/h10,16-17,23H,5-9,11-15,18-22H2,1-4H3. The van der Waals surface area contributed by atoms with Crippen molar-refractivity contribution in [3.05, 3.63) is 35.9 Å². The van der Waals surface area contributed by atoms with Crippen molar-refractivity contribution in [1.82, 2.24) is 0 Å². The van der Waals surface area contributed by atoms with Gasteiger partial charge in [-0.15, -0.1) is 0 Å². The van der Waals surface area contributed by atoms with Crippen molar-refractivity contribution in [1.29, 1.82) is 0 Å². The first-order valence-corrected chi connectivity index (χ1v) is 14.9. The molecule has 0 amide bonds. The quantitative estimate of drug-likeness (QED) is 0.236. The van der Waals surface area contributed by atoms with E-state index in [-0.39, 0.29) is 0 Å². The SMILES string of the molecule is C=Cc1ccc(OCCC)c(CCC[Si](CCCC)(CCCC)CCCC)c1. The molecule has 0 aromatic heterocycles. The summed E-state index contributed by atoms with van der Waals surface area (Å²) in [6.07, 6.45) is 13.9. The lowest BCUT2D eigenvalue weighted by Gasteiger charge is -2.32. The van der Waals surface area contributed by atoms with Gasteiger partial charge in [-0.1, -0.05) is 116 Å². The Morgan fingerprint density at radius 2 is 1.39 bits per heavy atom. The summed E-state index contributed by atoms with van der Waals surface area (Å²) in [7, 11) is -1.14. The minimum atomic E-state index is -1.14. The summed E-state index contributed by atoms with van der Waals surface area (Å²) in [6, 6.07) is 12.7. The first-order chi connectivity index (χ1) is 13.6. The molecule has 1 nitrogen and oxygen atoms in total. The zero-order valence-corrected chi connectivity index (χ0v) is 20.3. The van der Waals surface area contributed by atoms with Crippen molar-refractivity contribution in [2.24, 2.45) is 0 Å². The number of aryl methyl sites for hydroxylation is 1. The molecule has 0 radical (unpaired) electrons. The Balaban J connectivity index is 2.86. The fourth-order valence-electron chi connectivity index (χ4n) is 4.33. The number of benzene rings is 1. The van der Waals surface area contributed by atoms with Crippen LogP contribution in [0.1, 0.15) is 90.2 Å². The lowest BCUT2D eigenvalue weighted by molar-refractivity contribution is 0.314. The van der Waals surface area contributed by atoms with Gasteiger partial charge in [0.2, 0.25) is 0 Å². The van der Waals surface area contributed by atoms with Crippen molar-refractivity contribution in [3.8, 4) is 5.75 Å². The molecule has 0 saturated carbocycles. The van der Waals surface area contributed by atoms with E-state index in [0.29, 0.717) is 0 Å². The maximum absolute atomic E-state index is 6.04. The Morgan fingerprint density at radius 1 is 0.821 bits per heavy atom. The Labute approximate surface area is 177 Å². The molecule has 0 bridgehead atoms. The highest BCUT2D eigenvalue weighted by molar-refractivity contribution is 6.79. The predicted molar refractivity (Wildman–Crippen MR) is 130 cm³/mol. The van der Waals surface area contributed by atoms with E-state index in [0.717, 1.165) is 25.2 Å². The minimum Gasteiger partial charge on any atom is -0.493 e. The van der Waals surface area contributed by atoms with Crippen LogP contribution in [0.25, 0.3) is 6.08 Å². The predicted octanol–water partition coefficient (Wildman–Crippen LogP) is 8.90. The van der Waals surface area contributed by atoms with Crippen LogP contribution in [-0.4, -0.2) is 14.7 Å². The van der Waals surface area contributed by atoms with Gasteiger partial charge in [0.15, 0.2) is 0 Å². The Kier molecular flexibility index (Phi) is 13.3. The molecule has 0 atom stereocenters. The Hall–Kier alpha value is -1.02. The van der Waals surface area contributed by atoms with E-state index < -0.39 is 8.07 Å². The molecular formula is C26H46OSi. The molecule has 0 aliphatic rings. The number of ether oxygens (including phenoxy) is 1. The molecule has 0 aliphatic heterocycles. The average molecular weight is 403 g/mol. The minimum absolute atomic E-state index is 0.808. The largest absolute Gasteiger partial charge is 0.493 e. The molecule has 0 unspecified atom stereocenters. The van der Waals surface area contributed by atoms with Crippen LogP contribution in [0, 0.1) is 0 Å². The maximum atomic E-state index is 6.04. The number of unbranched alkanes of at least 4 members (excludes halogenated alkanes) is 3. The van der Waals surface area contributed by atoms with Crippen molar-refractivity contribution >= 4 is 14.1 Å². The van der Waals surface area contributed by atoms with E-state index in [9.17, 15) is 0 Å². The van der Waals surface area contributed by atoms with Crippen molar-refractivity contribution in [2.75, 3.05) is 6.61 Å². The fourth-order valence-corrected chi connectivity index (χ4v) is 10.1. The highest BCUT2D eigenvalue weighted by Gasteiger charge is 2.30. The second-order valence-corrected chi connectivity index (χ2v) is 13.6. The van der Waals surface area contributed by atoms with E-state index in [2.05, 4.69) is 52.5 Å². The Bertz CT molecular complexity index is 515. The summed E-state index contributed by atoms with van der Waals surface area (Å²) >= 11 is 0. The number of hydrogen-bond acceptors (Lipinski definition) is 1. The zero-order valence-electron chi connectivity index (χ0n) is 19.3. The van der Waals surface area contributed by atoms with Gasteiger partial charge < -0.3 is 4.74 Å². The molecule has 0 aliphatic carbocycles. The monoisotopic (exact) mass is 402 g/mol. The summed E-state index contributed by atoms with van der Waals surface area (Å²) in [5, 5.41) is 0. The third-order valence-corrected chi connectivity index (χ3v) is 11.8. The average Bonchev–Trinajstić information content (AvgIpc) is 2.73. The summed E-state index contributed by atoms with van der Waals surface area (Å²) in [4.78, 5) is 0. The van der Waals surface area contributed by atoms with Crippen LogP contribution in [-0.2, 0) is 6.42 Å². The molecule has 1 aromatic rings. The molecule has 2 heteroatoms. The number of rotatable bonds is 17. The van der Waals surface area contributed by atoms with Crippen LogP contribution in [0.5, 0.6) is 5.75 Å². The first-order valence-electron chi connectivity index (χ1n) is 12.0. The van der Waals surface area contributed by atoms with Gasteiger partial charge >= 0.3 is 0 Å². The highest BCUT2D eigenvalue weighted by atomic mass is 28.3. The van der Waals surface area contributed by atoms with E-state index in [1.54, 1.807) is 18.1 Å². The summed E-state index contributed by atoms with van der Waals surface area (Å²) in [5.74, 6) is 1.09. The fraction of sp³-hybridized carbons (Fsp3) is 0.692. The van der Waals surface area contributed by atoms with E-state index >= 15 is 0 Å². The lowest BCUT2D eigenvalue weighted by atomic mass is 10.1. The molecule has 0 spiro atoms. The van der Waals surface area contributed by atoms with Crippen LogP contribution in [0.15, 0.2) is 24.8 Å². The molecule has 0 saturated heterocycles. The molecule has 1 aromatic carbocycles. The van der Waals surface area contributed by atoms with Crippen LogP contribution in [0.3, 0.4) is 0 Å². The van der Waals surface area contributed by atoms with Gasteiger partial charge in [0, 0.05) is 0 Å². The van der Waals surface area contributed by atoms with Gasteiger partial charge in [-0.25, -0.2) is 0 Å². The molecule has 1 rings (SSSR count). The molecular weight excluding hydrogens is 356 g/mol. The van der Waals surface area contributed by atoms with E-state index in [1.807, 2.05) is 6.08 Å². The van der Waals surface area contributed by atoms with Crippen LogP contribution in [0.2, 0.25) is 24.2 Å².